The van der Waals surface area contributed by atoms with Crippen LogP contribution in [0.3, 0.4) is 0 Å². The van der Waals surface area contributed by atoms with Gasteiger partial charge in [0.25, 0.3) is 5.56 Å². The fourth-order valence-corrected chi connectivity index (χ4v) is 3.35. The average molecular weight is 384 g/mol. The molecule has 5 nitrogen and oxygen atoms in total. The van der Waals surface area contributed by atoms with Crippen LogP contribution in [-0.4, -0.2) is 22.1 Å². The number of carbonyl (C=O) groups excluding carboxylic acids is 1. The first-order valence-electron chi connectivity index (χ1n) is 9.45. The predicted octanol–water partition coefficient (Wildman–Crippen LogP) is 3.77. The largest absolute Gasteiger partial charge is 0.463 e. The summed E-state index contributed by atoms with van der Waals surface area (Å²) in [5.41, 5.74) is 2.25. The van der Waals surface area contributed by atoms with E-state index in [4.69, 9.17) is 4.74 Å². The van der Waals surface area contributed by atoms with Crippen molar-refractivity contribution in [1.29, 1.82) is 0 Å². The summed E-state index contributed by atoms with van der Waals surface area (Å²) in [4.78, 5) is 29.8. The van der Waals surface area contributed by atoms with E-state index in [0.29, 0.717) is 10.9 Å². The molecule has 0 saturated carbocycles. The second-order valence-electron chi connectivity index (χ2n) is 6.68. The van der Waals surface area contributed by atoms with Gasteiger partial charge in [-0.05, 0) is 23.3 Å². The topological polar surface area (TPSA) is 61.2 Å². The number of esters is 1. The Morgan fingerprint density at radius 1 is 0.862 bits per heavy atom. The van der Waals surface area contributed by atoms with Crippen molar-refractivity contribution in [1.82, 2.24) is 9.55 Å². The van der Waals surface area contributed by atoms with Crippen molar-refractivity contribution < 1.29 is 9.53 Å². The second-order valence-corrected chi connectivity index (χ2v) is 6.68. The third-order valence-corrected chi connectivity index (χ3v) is 4.81. The van der Waals surface area contributed by atoms with Crippen molar-refractivity contribution in [2.24, 2.45) is 0 Å². The average Bonchev–Trinajstić information content (AvgIpc) is 2.77. The lowest BCUT2D eigenvalue weighted by Gasteiger charge is -2.17. The molecule has 0 saturated heterocycles. The Labute approximate surface area is 168 Å². The van der Waals surface area contributed by atoms with E-state index in [0.717, 1.165) is 11.1 Å². The molecule has 0 N–H and O–H groups in total. The molecule has 0 aliphatic carbocycles. The Morgan fingerprint density at radius 2 is 1.45 bits per heavy atom. The van der Waals surface area contributed by atoms with Gasteiger partial charge in [-0.2, -0.15) is 0 Å². The highest BCUT2D eigenvalue weighted by molar-refractivity contribution is 5.82. The number of hydrogen-bond acceptors (Lipinski definition) is 4. The molecular formula is C24H20N2O3. The van der Waals surface area contributed by atoms with Gasteiger partial charge >= 0.3 is 5.97 Å². The van der Waals surface area contributed by atoms with Crippen LogP contribution in [0.15, 0.2) is 96.1 Å². The highest BCUT2D eigenvalue weighted by Gasteiger charge is 2.24. The maximum absolute atomic E-state index is 12.9. The minimum absolute atomic E-state index is 0.0922. The summed E-state index contributed by atoms with van der Waals surface area (Å²) in [6, 6.07) is 26.3. The highest BCUT2D eigenvalue weighted by Crippen LogP contribution is 2.25. The van der Waals surface area contributed by atoms with E-state index in [9.17, 15) is 9.59 Å². The Kier molecular flexibility index (Phi) is 5.47. The van der Waals surface area contributed by atoms with Crippen molar-refractivity contribution in [2.45, 2.75) is 12.5 Å². The molecule has 4 rings (SSSR count). The number of rotatable bonds is 6. The highest BCUT2D eigenvalue weighted by atomic mass is 16.5. The maximum Gasteiger partial charge on any atom is 0.317 e. The van der Waals surface area contributed by atoms with Gasteiger partial charge in [-0.1, -0.05) is 72.8 Å². The minimum atomic E-state index is -0.510. The van der Waals surface area contributed by atoms with E-state index in [1.165, 1.54) is 10.9 Å². The summed E-state index contributed by atoms with van der Waals surface area (Å²) in [7, 11) is 0. The molecule has 0 radical (unpaired) electrons. The smallest absolute Gasteiger partial charge is 0.317 e. The first-order valence-corrected chi connectivity index (χ1v) is 9.45. The van der Waals surface area contributed by atoms with Gasteiger partial charge < -0.3 is 4.74 Å². The van der Waals surface area contributed by atoms with Gasteiger partial charge in [-0.25, -0.2) is 4.98 Å². The fraction of sp³-hybridized carbons (Fsp3) is 0.125. The van der Waals surface area contributed by atoms with E-state index in [1.807, 2.05) is 66.7 Å². The summed E-state index contributed by atoms with van der Waals surface area (Å²) in [5.74, 6) is -0.854. The van der Waals surface area contributed by atoms with E-state index in [2.05, 4.69) is 4.98 Å². The first-order chi connectivity index (χ1) is 14.2. The number of ether oxygens (including phenoxy) is 1. The molecule has 5 heteroatoms. The maximum atomic E-state index is 12.9. The van der Waals surface area contributed by atoms with Crippen molar-refractivity contribution in [3.63, 3.8) is 0 Å². The van der Waals surface area contributed by atoms with Crippen LogP contribution in [0.25, 0.3) is 10.9 Å². The molecule has 0 aliphatic heterocycles. The SMILES string of the molecule is O=C(OCCn1cnc2ccccc2c1=O)C(c1ccccc1)c1ccccc1. The van der Waals surface area contributed by atoms with Crippen LogP contribution >= 0.6 is 0 Å². The van der Waals surface area contributed by atoms with E-state index < -0.39 is 5.92 Å². The second kappa shape index (κ2) is 8.52. The van der Waals surface area contributed by atoms with Crippen molar-refractivity contribution >= 4 is 16.9 Å². The fourth-order valence-electron chi connectivity index (χ4n) is 3.35. The van der Waals surface area contributed by atoms with Crippen molar-refractivity contribution in [3.8, 4) is 0 Å². The van der Waals surface area contributed by atoms with E-state index in [-0.39, 0.29) is 24.7 Å². The van der Waals surface area contributed by atoms with Gasteiger partial charge in [0.05, 0.1) is 23.8 Å². The normalized spacial score (nSPS) is 10.9. The number of nitrogens with zero attached hydrogens (tertiary/aromatic N) is 2. The summed E-state index contributed by atoms with van der Waals surface area (Å²) in [6.45, 7) is 0.341. The van der Waals surface area contributed by atoms with Crippen LogP contribution < -0.4 is 5.56 Å². The Bertz CT molecular complexity index is 1130. The Hall–Kier alpha value is -3.73. The quantitative estimate of drug-likeness (QED) is 0.475. The molecule has 4 aromatic rings. The molecule has 0 unspecified atom stereocenters. The molecular weight excluding hydrogens is 364 g/mol. The molecule has 3 aromatic carbocycles. The zero-order valence-electron chi connectivity index (χ0n) is 15.8. The summed E-state index contributed by atoms with van der Waals surface area (Å²) >= 11 is 0. The molecule has 0 amide bonds. The molecule has 1 heterocycles. The molecule has 29 heavy (non-hydrogen) atoms. The van der Waals surface area contributed by atoms with Gasteiger partial charge in [-0.3, -0.25) is 14.2 Å². The van der Waals surface area contributed by atoms with Gasteiger partial charge in [0.2, 0.25) is 0 Å². The standard InChI is InChI=1S/C24H20N2O3/c27-23-20-13-7-8-14-21(20)25-17-26(23)15-16-29-24(28)22(18-9-3-1-4-10-18)19-11-5-2-6-12-19/h1-14,17,22H,15-16H2. The van der Waals surface area contributed by atoms with E-state index >= 15 is 0 Å². The number of para-hydroxylation sites is 1. The number of carbonyl (C=O) groups is 1. The molecule has 0 aliphatic rings. The third-order valence-electron chi connectivity index (χ3n) is 4.81. The number of benzene rings is 3. The zero-order chi connectivity index (χ0) is 20.1. The number of fused-ring (bicyclic) bond motifs is 1. The molecule has 1 aromatic heterocycles. The molecule has 0 atom stereocenters. The summed E-state index contributed by atoms with van der Waals surface area (Å²) in [6.07, 6.45) is 1.49. The lowest BCUT2D eigenvalue weighted by Crippen LogP contribution is -2.25. The van der Waals surface area contributed by atoms with Crippen molar-refractivity contribution in [2.75, 3.05) is 6.61 Å². The third kappa shape index (κ3) is 4.09. The van der Waals surface area contributed by atoms with Crippen LogP contribution in [0.1, 0.15) is 17.0 Å². The van der Waals surface area contributed by atoms with Crippen LogP contribution in [0.2, 0.25) is 0 Å². The van der Waals surface area contributed by atoms with E-state index in [1.54, 1.807) is 18.2 Å². The predicted molar refractivity (Wildman–Crippen MR) is 112 cm³/mol. The summed E-state index contributed by atoms with van der Waals surface area (Å²) < 4.78 is 7.03. The lowest BCUT2D eigenvalue weighted by atomic mass is 9.91. The van der Waals surface area contributed by atoms with Crippen LogP contribution in [0.5, 0.6) is 0 Å². The monoisotopic (exact) mass is 384 g/mol. The van der Waals surface area contributed by atoms with Gasteiger partial charge in [0.1, 0.15) is 12.5 Å². The Morgan fingerprint density at radius 3 is 2.10 bits per heavy atom. The van der Waals surface area contributed by atoms with Crippen LogP contribution in [-0.2, 0) is 16.1 Å². The van der Waals surface area contributed by atoms with Crippen LogP contribution in [0, 0.1) is 0 Å². The zero-order valence-corrected chi connectivity index (χ0v) is 15.8. The Balaban J connectivity index is 1.50. The van der Waals surface area contributed by atoms with Crippen molar-refractivity contribution in [3.05, 3.63) is 113 Å². The first kappa shape index (κ1) is 18.6. The summed E-state index contributed by atoms with van der Waals surface area (Å²) in [5, 5.41) is 0.549. The minimum Gasteiger partial charge on any atom is -0.463 e. The lowest BCUT2D eigenvalue weighted by molar-refractivity contribution is -0.144. The molecule has 0 fully saturated rings. The molecule has 144 valence electrons. The number of aromatic nitrogens is 2. The van der Waals surface area contributed by atoms with Gasteiger partial charge in [0.15, 0.2) is 0 Å². The molecule has 0 spiro atoms. The number of hydrogen-bond donors (Lipinski definition) is 0. The van der Waals surface area contributed by atoms with Crippen LogP contribution in [0.4, 0.5) is 0 Å². The molecule has 0 bridgehead atoms. The van der Waals surface area contributed by atoms with Gasteiger partial charge in [-0.15, -0.1) is 0 Å². The van der Waals surface area contributed by atoms with Gasteiger partial charge in [0, 0.05) is 0 Å².